The predicted molar refractivity (Wildman–Crippen MR) is 67.3 cm³/mol. The molecule has 0 spiro atoms. The van der Waals surface area contributed by atoms with Gasteiger partial charge in [0.15, 0.2) is 0 Å². The number of aliphatic hydroxyl groups excluding tert-OH is 2. The van der Waals surface area contributed by atoms with Gasteiger partial charge >= 0.3 is 0 Å². The first kappa shape index (κ1) is 14.0. The van der Waals surface area contributed by atoms with E-state index < -0.39 is 0 Å². The first-order chi connectivity index (χ1) is 7.69. The van der Waals surface area contributed by atoms with Crippen molar-refractivity contribution in [2.24, 2.45) is 11.8 Å². The van der Waals surface area contributed by atoms with E-state index in [2.05, 4.69) is 13.8 Å². The van der Waals surface area contributed by atoms with E-state index in [0.717, 1.165) is 25.7 Å². The molecule has 0 heterocycles. The van der Waals surface area contributed by atoms with Crippen LogP contribution < -0.4 is 0 Å². The van der Waals surface area contributed by atoms with E-state index >= 15 is 0 Å². The standard InChI is InChI=1S/C14H28O2/c1-3-5-7-11-9-14(16)12(8-6-4-2)10-13(11)15/h11-16H,3-10H2,1-2H3. The van der Waals surface area contributed by atoms with Crippen LogP contribution in [0.15, 0.2) is 0 Å². The van der Waals surface area contributed by atoms with Crippen molar-refractivity contribution in [1.29, 1.82) is 0 Å². The summed E-state index contributed by atoms with van der Waals surface area (Å²) < 4.78 is 0. The third-order valence-electron chi connectivity index (χ3n) is 4.03. The van der Waals surface area contributed by atoms with Crippen molar-refractivity contribution in [2.45, 2.75) is 77.4 Å². The minimum atomic E-state index is -0.170. The van der Waals surface area contributed by atoms with Crippen LogP contribution in [-0.2, 0) is 0 Å². The summed E-state index contributed by atoms with van der Waals surface area (Å²) in [7, 11) is 0. The smallest absolute Gasteiger partial charge is 0.0573 e. The van der Waals surface area contributed by atoms with Crippen LogP contribution in [0.25, 0.3) is 0 Å². The van der Waals surface area contributed by atoms with Gasteiger partial charge in [0, 0.05) is 0 Å². The fourth-order valence-electron chi connectivity index (χ4n) is 2.87. The average molecular weight is 228 g/mol. The predicted octanol–water partition coefficient (Wildman–Crippen LogP) is 3.11. The average Bonchev–Trinajstić information content (AvgIpc) is 2.28. The summed E-state index contributed by atoms with van der Waals surface area (Å²) in [4.78, 5) is 0. The summed E-state index contributed by atoms with van der Waals surface area (Å²) in [6.07, 6.45) is 8.16. The third-order valence-corrected chi connectivity index (χ3v) is 4.03. The first-order valence-corrected chi connectivity index (χ1v) is 7.05. The zero-order valence-corrected chi connectivity index (χ0v) is 10.9. The van der Waals surface area contributed by atoms with Gasteiger partial charge < -0.3 is 10.2 Å². The molecule has 4 atom stereocenters. The molecule has 0 amide bonds. The molecule has 1 saturated carbocycles. The van der Waals surface area contributed by atoms with E-state index in [4.69, 9.17) is 0 Å². The lowest BCUT2D eigenvalue weighted by Gasteiger charge is -2.37. The molecular weight excluding hydrogens is 200 g/mol. The van der Waals surface area contributed by atoms with Crippen LogP contribution in [0.2, 0.25) is 0 Å². The van der Waals surface area contributed by atoms with E-state index in [-0.39, 0.29) is 12.2 Å². The normalized spacial score (nSPS) is 35.2. The molecule has 0 radical (unpaired) electrons. The Morgan fingerprint density at radius 2 is 1.19 bits per heavy atom. The molecule has 1 aliphatic carbocycles. The molecule has 2 N–H and O–H groups in total. The Morgan fingerprint density at radius 1 is 0.812 bits per heavy atom. The van der Waals surface area contributed by atoms with Gasteiger partial charge in [-0.2, -0.15) is 0 Å². The van der Waals surface area contributed by atoms with Crippen LogP contribution in [0.4, 0.5) is 0 Å². The van der Waals surface area contributed by atoms with Gasteiger partial charge in [-0.1, -0.05) is 39.5 Å². The molecule has 4 unspecified atom stereocenters. The maximum Gasteiger partial charge on any atom is 0.0573 e. The Bertz CT molecular complexity index is 162. The minimum absolute atomic E-state index is 0.170. The van der Waals surface area contributed by atoms with E-state index in [1.54, 1.807) is 0 Å². The topological polar surface area (TPSA) is 40.5 Å². The summed E-state index contributed by atoms with van der Waals surface area (Å²) in [5.74, 6) is 0.681. The van der Waals surface area contributed by atoms with Gasteiger partial charge in [-0.3, -0.25) is 0 Å². The third kappa shape index (κ3) is 4.06. The van der Waals surface area contributed by atoms with Gasteiger partial charge in [-0.05, 0) is 37.5 Å². The fraction of sp³-hybridized carbons (Fsp3) is 1.00. The molecular formula is C14H28O2. The van der Waals surface area contributed by atoms with Crippen LogP contribution in [0.3, 0.4) is 0 Å². The zero-order chi connectivity index (χ0) is 12.0. The Labute approximate surface area is 100 Å². The molecule has 0 saturated heterocycles. The summed E-state index contributed by atoms with van der Waals surface area (Å²) in [6, 6.07) is 0. The summed E-state index contributed by atoms with van der Waals surface area (Å²) in [6.45, 7) is 4.35. The largest absolute Gasteiger partial charge is 0.393 e. The lowest BCUT2D eigenvalue weighted by Crippen LogP contribution is -2.38. The second-order valence-corrected chi connectivity index (χ2v) is 5.41. The second-order valence-electron chi connectivity index (χ2n) is 5.41. The van der Waals surface area contributed by atoms with Crippen molar-refractivity contribution in [1.82, 2.24) is 0 Å². The number of rotatable bonds is 6. The van der Waals surface area contributed by atoms with Gasteiger partial charge in [0.05, 0.1) is 12.2 Å². The maximum atomic E-state index is 10.1. The molecule has 1 aliphatic rings. The minimum Gasteiger partial charge on any atom is -0.393 e. The lowest BCUT2D eigenvalue weighted by molar-refractivity contribution is -0.0382. The van der Waals surface area contributed by atoms with Gasteiger partial charge in [0.2, 0.25) is 0 Å². The Hall–Kier alpha value is -0.0800. The van der Waals surface area contributed by atoms with E-state index in [1.165, 1.54) is 25.7 Å². The SMILES string of the molecule is CCCCC1CC(O)C(CCCC)CC1O. The molecule has 96 valence electrons. The van der Waals surface area contributed by atoms with E-state index in [0.29, 0.717) is 11.8 Å². The highest BCUT2D eigenvalue weighted by atomic mass is 16.3. The summed E-state index contributed by atoms with van der Waals surface area (Å²) >= 11 is 0. The molecule has 0 aliphatic heterocycles. The molecule has 2 nitrogen and oxygen atoms in total. The monoisotopic (exact) mass is 228 g/mol. The molecule has 2 heteroatoms. The number of unbranched alkanes of at least 4 members (excludes halogenated alkanes) is 2. The van der Waals surface area contributed by atoms with E-state index in [9.17, 15) is 10.2 Å². The van der Waals surface area contributed by atoms with Gasteiger partial charge in [0.25, 0.3) is 0 Å². The van der Waals surface area contributed by atoms with Crippen molar-refractivity contribution >= 4 is 0 Å². The number of hydrogen-bond donors (Lipinski definition) is 2. The van der Waals surface area contributed by atoms with E-state index in [1.807, 2.05) is 0 Å². The summed E-state index contributed by atoms with van der Waals surface area (Å²) in [5.41, 5.74) is 0. The van der Waals surface area contributed by atoms with Crippen LogP contribution in [-0.4, -0.2) is 22.4 Å². The molecule has 0 bridgehead atoms. The molecule has 16 heavy (non-hydrogen) atoms. The van der Waals surface area contributed by atoms with Crippen molar-refractivity contribution in [3.05, 3.63) is 0 Å². The van der Waals surface area contributed by atoms with Crippen molar-refractivity contribution in [3.63, 3.8) is 0 Å². The molecule has 1 fully saturated rings. The van der Waals surface area contributed by atoms with Crippen LogP contribution in [0.1, 0.15) is 65.2 Å². The highest BCUT2D eigenvalue weighted by molar-refractivity contribution is 4.85. The Balaban J connectivity index is 2.36. The molecule has 0 aromatic heterocycles. The van der Waals surface area contributed by atoms with Crippen molar-refractivity contribution in [2.75, 3.05) is 0 Å². The zero-order valence-electron chi connectivity index (χ0n) is 10.9. The number of hydrogen-bond acceptors (Lipinski definition) is 2. The fourth-order valence-corrected chi connectivity index (χ4v) is 2.87. The van der Waals surface area contributed by atoms with Gasteiger partial charge in [-0.25, -0.2) is 0 Å². The molecule has 1 rings (SSSR count). The Kier molecular flexibility index (Phi) is 6.37. The Morgan fingerprint density at radius 3 is 1.50 bits per heavy atom. The van der Waals surface area contributed by atoms with Crippen LogP contribution in [0.5, 0.6) is 0 Å². The highest BCUT2D eigenvalue weighted by Crippen LogP contribution is 2.34. The first-order valence-electron chi connectivity index (χ1n) is 7.05. The van der Waals surface area contributed by atoms with Crippen LogP contribution in [0, 0.1) is 11.8 Å². The lowest BCUT2D eigenvalue weighted by atomic mass is 9.74. The highest BCUT2D eigenvalue weighted by Gasteiger charge is 2.34. The quantitative estimate of drug-likeness (QED) is 0.733. The number of aliphatic hydroxyl groups is 2. The molecule has 0 aromatic carbocycles. The summed E-state index contributed by atoms with van der Waals surface area (Å²) in [5, 5.41) is 20.1. The van der Waals surface area contributed by atoms with Crippen molar-refractivity contribution < 1.29 is 10.2 Å². The maximum absolute atomic E-state index is 10.1. The van der Waals surface area contributed by atoms with Crippen molar-refractivity contribution in [3.8, 4) is 0 Å². The molecule has 0 aromatic rings. The second kappa shape index (κ2) is 7.29. The van der Waals surface area contributed by atoms with Crippen LogP contribution >= 0.6 is 0 Å². The van der Waals surface area contributed by atoms with Gasteiger partial charge in [0.1, 0.15) is 0 Å². The van der Waals surface area contributed by atoms with Gasteiger partial charge in [-0.15, -0.1) is 0 Å².